The molecule has 3 rings (SSSR count). The van der Waals surface area contributed by atoms with Crippen LogP contribution in [0.5, 0.6) is 0 Å². The van der Waals surface area contributed by atoms with Crippen molar-refractivity contribution >= 4 is 0 Å². The largest absolute Gasteiger partial charge is 0.375 e. The van der Waals surface area contributed by atoms with Gasteiger partial charge in [-0.05, 0) is 65.5 Å². The van der Waals surface area contributed by atoms with E-state index in [0.29, 0.717) is 11.3 Å². The maximum absolute atomic E-state index is 6.04. The lowest BCUT2D eigenvalue weighted by molar-refractivity contribution is 0.0280. The van der Waals surface area contributed by atoms with Crippen molar-refractivity contribution in [1.29, 1.82) is 0 Å². The van der Waals surface area contributed by atoms with E-state index in [1.165, 1.54) is 43.4 Å². The van der Waals surface area contributed by atoms with Gasteiger partial charge in [-0.2, -0.15) is 5.10 Å². The van der Waals surface area contributed by atoms with Gasteiger partial charge >= 0.3 is 0 Å². The number of hydrogen-bond donors (Lipinski definition) is 2. The van der Waals surface area contributed by atoms with E-state index in [0.717, 1.165) is 26.2 Å². The summed E-state index contributed by atoms with van der Waals surface area (Å²) >= 11 is 0. The summed E-state index contributed by atoms with van der Waals surface area (Å²) in [6, 6.07) is 0. The summed E-state index contributed by atoms with van der Waals surface area (Å²) in [6.07, 6.45) is 8.37. The fraction of sp³-hybridized carbons (Fsp3) is 0.842. The van der Waals surface area contributed by atoms with Gasteiger partial charge in [-0.3, -0.25) is 5.10 Å². The molecule has 136 valence electrons. The second-order valence-electron chi connectivity index (χ2n) is 8.64. The summed E-state index contributed by atoms with van der Waals surface area (Å²) in [7, 11) is 4.19. The molecule has 1 aromatic rings. The number of nitrogens with one attached hydrogen (secondary N) is 2. The lowest BCUT2D eigenvalue weighted by Gasteiger charge is -2.36. The van der Waals surface area contributed by atoms with Crippen LogP contribution in [0, 0.1) is 5.41 Å². The van der Waals surface area contributed by atoms with E-state index in [-0.39, 0.29) is 5.60 Å². The Kier molecular flexibility index (Phi) is 5.33. The van der Waals surface area contributed by atoms with Crippen LogP contribution in [0.15, 0.2) is 6.20 Å². The van der Waals surface area contributed by atoms with Gasteiger partial charge < -0.3 is 15.0 Å². The highest BCUT2D eigenvalue weighted by atomic mass is 16.5. The van der Waals surface area contributed by atoms with E-state index in [9.17, 15) is 0 Å². The monoisotopic (exact) mass is 334 g/mol. The van der Waals surface area contributed by atoms with Gasteiger partial charge in [-0.1, -0.05) is 0 Å². The fourth-order valence-electron chi connectivity index (χ4n) is 4.66. The molecule has 2 N–H and O–H groups in total. The third kappa shape index (κ3) is 4.01. The van der Waals surface area contributed by atoms with Crippen molar-refractivity contribution < 1.29 is 4.74 Å². The van der Waals surface area contributed by atoms with E-state index in [1.54, 1.807) is 0 Å². The number of rotatable bonds is 6. The topological polar surface area (TPSA) is 53.2 Å². The summed E-state index contributed by atoms with van der Waals surface area (Å²) in [5.41, 5.74) is 3.18. The molecule has 2 fully saturated rings. The lowest BCUT2D eigenvalue weighted by atomic mass is 9.67. The first-order valence-electron chi connectivity index (χ1n) is 9.43. The van der Waals surface area contributed by atoms with Gasteiger partial charge in [0.05, 0.1) is 17.9 Å². The highest BCUT2D eigenvalue weighted by Gasteiger charge is 2.46. The van der Waals surface area contributed by atoms with Gasteiger partial charge in [0.25, 0.3) is 0 Å². The summed E-state index contributed by atoms with van der Waals surface area (Å²) in [5.74, 6) is 0.610. The van der Waals surface area contributed by atoms with Crippen LogP contribution >= 0.6 is 0 Å². The minimum absolute atomic E-state index is 0.0698. The Morgan fingerprint density at radius 2 is 2.12 bits per heavy atom. The van der Waals surface area contributed by atoms with Crippen LogP contribution in [0.3, 0.4) is 0 Å². The van der Waals surface area contributed by atoms with Gasteiger partial charge in [-0.15, -0.1) is 0 Å². The third-order valence-corrected chi connectivity index (χ3v) is 5.94. The number of nitrogens with zero attached hydrogens (tertiary/aromatic N) is 2. The van der Waals surface area contributed by atoms with Crippen LogP contribution in [-0.2, 0) is 11.3 Å². The Bertz CT molecular complexity index is 531. The molecule has 0 unspecified atom stereocenters. The first-order valence-corrected chi connectivity index (χ1v) is 9.43. The van der Waals surface area contributed by atoms with Crippen LogP contribution in [0.4, 0.5) is 0 Å². The maximum atomic E-state index is 6.04. The van der Waals surface area contributed by atoms with Crippen molar-refractivity contribution in [2.24, 2.45) is 5.41 Å². The van der Waals surface area contributed by atoms with E-state index in [1.807, 2.05) is 7.05 Å². The SMILES string of the molecule is CNCCN(C)Cc1c[nH]nc1[C@H]1CC[C@@]2(CC1)COC(C)(C)C2. The van der Waals surface area contributed by atoms with Crippen LogP contribution in [0.1, 0.15) is 63.1 Å². The van der Waals surface area contributed by atoms with E-state index in [2.05, 4.69) is 47.5 Å². The van der Waals surface area contributed by atoms with Crippen molar-refractivity contribution in [2.75, 3.05) is 33.8 Å². The van der Waals surface area contributed by atoms with Crippen LogP contribution in [0.25, 0.3) is 0 Å². The number of aromatic nitrogens is 2. The van der Waals surface area contributed by atoms with Gasteiger partial charge in [0.15, 0.2) is 0 Å². The minimum atomic E-state index is 0.0698. The summed E-state index contributed by atoms with van der Waals surface area (Å²) in [5, 5.41) is 10.9. The van der Waals surface area contributed by atoms with E-state index in [4.69, 9.17) is 4.74 Å². The van der Waals surface area contributed by atoms with E-state index >= 15 is 0 Å². The molecule has 2 aliphatic rings. The summed E-state index contributed by atoms with van der Waals surface area (Å²) < 4.78 is 6.04. The summed E-state index contributed by atoms with van der Waals surface area (Å²) in [6.45, 7) is 8.48. The second kappa shape index (κ2) is 7.14. The highest BCUT2D eigenvalue weighted by molar-refractivity contribution is 5.21. The lowest BCUT2D eigenvalue weighted by Crippen LogP contribution is -2.30. The molecule has 1 aromatic heterocycles. The van der Waals surface area contributed by atoms with Gasteiger partial charge in [0.1, 0.15) is 0 Å². The Labute approximate surface area is 146 Å². The normalized spacial score (nSPS) is 29.6. The van der Waals surface area contributed by atoms with Crippen LogP contribution in [0.2, 0.25) is 0 Å². The Morgan fingerprint density at radius 3 is 2.75 bits per heavy atom. The zero-order valence-corrected chi connectivity index (χ0v) is 15.8. The zero-order chi connectivity index (χ0) is 17.2. The molecule has 1 saturated carbocycles. The molecule has 1 aliphatic carbocycles. The standard InChI is InChI=1S/C19H34N4O/c1-18(2)13-19(14-24-18)7-5-15(6-8-19)17-16(11-21-22-17)12-23(4)10-9-20-3/h11,15,20H,5-10,12-14H2,1-4H3,(H,21,22)/t15-,19-. The average Bonchev–Trinajstić information content (AvgIpc) is 3.11. The van der Waals surface area contributed by atoms with Crippen molar-refractivity contribution in [2.45, 2.75) is 64.0 Å². The van der Waals surface area contributed by atoms with Gasteiger partial charge in [0.2, 0.25) is 0 Å². The zero-order valence-electron chi connectivity index (χ0n) is 15.8. The number of ether oxygens (including phenoxy) is 1. The molecule has 0 amide bonds. The number of aromatic amines is 1. The predicted octanol–water partition coefficient (Wildman–Crippen LogP) is 2.90. The molecule has 0 atom stereocenters. The minimum Gasteiger partial charge on any atom is -0.375 e. The number of likely N-dealkylation sites (N-methyl/N-ethyl adjacent to an activating group) is 2. The van der Waals surface area contributed by atoms with Crippen LogP contribution in [-0.4, -0.2) is 54.5 Å². The summed E-state index contributed by atoms with van der Waals surface area (Å²) in [4.78, 5) is 2.36. The quantitative estimate of drug-likeness (QED) is 0.840. The smallest absolute Gasteiger partial charge is 0.0697 e. The molecule has 1 spiro atoms. The van der Waals surface area contributed by atoms with E-state index < -0.39 is 0 Å². The highest BCUT2D eigenvalue weighted by Crippen LogP contribution is 2.51. The maximum Gasteiger partial charge on any atom is 0.0697 e. The molecule has 0 aromatic carbocycles. The molecular weight excluding hydrogens is 300 g/mol. The van der Waals surface area contributed by atoms with Crippen LogP contribution < -0.4 is 5.32 Å². The molecule has 24 heavy (non-hydrogen) atoms. The molecule has 0 bridgehead atoms. The molecular formula is C19H34N4O. The van der Waals surface area contributed by atoms with Crippen molar-refractivity contribution in [1.82, 2.24) is 20.4 Å². The number of H-pyrrole nitrogens is 1. The molecule has 5 nitrogen and oxygen atoms in total. The first-order chi connectivity index (χ1) is 11.4. The third-order valence-electron chi connectivity index (χ3n) is 5.94. The molecule has 1 saturated heterocycles. The Balaban J connectivity index is 1.58. The Hall–Kier alpha value is -0.910. The van der Waals surface area contributed by atoms with Crippen molar-refractivity contribution in [3.63, 3.8) is 0 Å². The van der Waals surface area contributed by atoms with Gasteiger partial charge in [0, 0.05) is 37.3 Å². The fourth-order valence-corrected chi connectivity index (χ4v) is 4.66. The molecule has 0 radical (unpaired) electrons. The second-order valence-corrected chi connectivity index (χ2v) is 8.64. The van der Waals surface area contributed by atoms with Crippen molar-refractivity contribution in [3.8, 4) is 0 Å². The predicted molar refractivity (Wildman–Crippen MR) is 97.1 cm³/mol. The molecule has 5 heteroatoms. The first kappa shape index (κ1) is 17.9. The average molecular weight is 335 g/mol. The molecule has 1 aliphatic heterocycles. The van der Waals surface area contributed by atoms with Crippen molar-refractivity contribution in [3.05, 3.63) is 17.5 Å². The Morgan fingerprint density at radius 1 is 1.38 bits per heavy atom. The van der Waals surface area contributed by atoms with Gasteiger partial charge in [-0.25, -0.2) is 0 Å². The number of hydrogen-bond acceptors (Lipinski definition) is 4. The molecule has 2 heterocycles.